The molecule has 0 unspecified atom stereocenters. The Morgan fingerprint density at radius 1 is 1.14 bits per heavy atom. The van der Waals surface area contributed by atoms with Gasteiger partial charge in [0.25, 0.3) is 10.0 Å². The van der Waals surface area contributed by atoms with Gasteiger partial charge in [-0.25, -0.2) is 17.8 Å². The van der Waals surface area contributed by atoms with Gasteiger partial charge in [-0.1, -0.05) is 36.8 Å². The van der Waals surface area contributed by atoms with Crippen LogP contribution in [-0.2, 0) is 14.8 Å². The van der Waals surface area contributed by atoms with Gasteiger partial charge in [-0.15, -0.1) is 11.3 Å². The summed E-state index contributed by atoms with van der Waals surface area (Å²) in [6, 6.07) is 7.52. The molecule has 12 heteroatoms. The molecule has 0 bridgehead atoms. The molecule has 0 spiro atoms. The fourth-order valence-corrected chi connectivity index (χ4v) is 8.34. The van der Waals surface area contributed by atoms with Crippen LogP contribution in [0.1, 0.15) is 26.7 Å². The van der Waals surface area contributed by atoms with Gasteiger partial charge >= 0.3 is 0 Å². The van der Waals surface area contributed by atoms with Gasteiger partial charge in [-0.2, -0.15) is 4.31 Å². The van der Waals surface area contributed by atoms with Crippen LogP contribution in [0.25, 0.3) is 10.2 Å². The van der Waals surface area contributed by atoms with E-state index in [1.54, 1.807) is 17.0 Å². The number of amides is 1. The molecule has 1 aliphatic heterocycles. The quantitative estimate of drug-likeness (QED) is 0.372. The van der Waals surface area contributed by atoms with Gasteiger partial charge < -0.3 is 4.90 Å². The van der Waals surface area contributed by atoms with Crippen molar-refractivity contribution in [3.05, 3.63) is 40.5 Å². The average Bonchev–Trinajstić information content (AvgIpc) is 3.48. The van der Waals surface area contributed by atoms with Crippen LogP contribution in [0.4, 0.5) is 9.52 Å². The second kappa shape index (κ2) is 11.2. The minimum absolute atomic E-state index is 0.0621. The molecule has 1 amide bonds. The van der Waals surface area contributed by atoms with E-state index in [9.17, 15) is 17.6 Å². The number of thiophene rings is 1. The first-order chi connectivity index (χ1) is 16.7. The second-order valence-electron chi connectivity index (χ2n) is 8.36. The summed E-state index contributed by atoms with van der Waals surface area (Å²) in [6.07, 6.45) is 0.858. The van der Waals surface area contributed by atoms with E-state index in [0.29, 0.717) is 45.6 Å². The molecule has 0 saturated carbocycles. The summed E-state index contributed by atoms with van der Waals surface area (Å²) in [5.41, 5.74) is 0.655. The number of carbonyl (C=O) groups excluding carboxylic acids is 1. The summed E-state index contributed by atoms with van der Waals surface area (Å²) in [7, 11) is -3.62. The molecule has 1 aliphatic rings. The third kappa shape index (κ3) is 5.86. The highest BCUT2D eigenvalue weighted by Gasteiger charge is 2.35. The Hall–Kier alpha value is -1.63. The first-order valence-corrected chi connectivity index (χ1v) is 15.0. The Labute approximate surface area is 218 Å². The summed E-state index contributed by atoms with van der Waals surface area (Å²) < 4.78 is 42.4. The van der Waals surface area contributed by atoms with Gasteiger partial charge in [0.05, 0.1) is 14.6 Å². The van der Waals surface area contributed by atoms with Crippen molar-refractivity contribution >= 4 is 65.6 Å². The first-order valence-electron chi connectivity index (χ1n) is 11.6. The molecule has 190 valence electrons. The lowest BCUT2D eigenvalue weighted by Crippen LogP contribution is -2.46. The second-order valence-corrected chi connectivity index (χ2v) is 13.3. The zero-order valence-corrected chi connectivity index (χ0v) is 22.8. The summed E-state index contributed by atoms with van der Waals surface area (Å²) >= 11 is 8.27. The standard InChI is InChI=1S/C23H28ClFN4O3S3/c1-3-27(4-2)13-14-29(23-26-18-6-5-17(25)15-19(18)33-23)22(30)16-9-11-28(12-10-16)35(31,32)21-8-7-20(24)34-21/h5-8,15-16H,3-4,9-14H2,1-2H3. The third-order valence-electron chi connectivity index (χ3n) is 6.32. The van der Waals surface area contributed by atoms with Crippen molar-refractivity contribution in [3.8, 4) is 0 Å². The van der Waals surface area contributed by atoms with Crippen molar-refractivity contribution in [2.24, 2.45) is 5.92 Å². The lowest BCUT2D eigenvalue weighted by Gasteiger charge is -2.33. The van der Waals surface area contributed by atoms with Gasteiger partial charge in [0.2, 0.25) is 5.91 Å². The van der Waals surface area contributed by atoms with Crippen LogP contribution >= 0.6 is 34.3 Å². The number of fused-ring (bicyclic) bond motifs is 1. The first kappa shape index (κ1) is 26.4. The SMILES string of the molecule is CCN(CC)CCN(C(=O)C1CCN(S(=O)(=O)c2ccc(Cl)s2)CC1)c1nc2ccc(F)cc2s1. The topological polar surface area (TPSA) is 73.8 Å². The molecule has 35 heavy (non-hydrogen) atoms. The number of likely N-dealkylation sites (N-methyl/N-ethyl adjacent to an activating group) is 1. The van der Waals surface area contributed by atoms with Crippen LogP contribution in [0.5, 0.6) is 0 Å². The lowest BCUT2D eigenvalue weighted by atomic mass is 9.96. The number of carbonyl (C=O) groups is 1. The Balaban J connectivity index is 1.51. The zero-order chi connectivity index (χ0) is 25.2. The predicted molar refractivity (Wildman–Crippen MR) is 141 cm³/mol. The van der Waals surface area contributed by atoms with Crippen molar-refractivity contribution in [1.29, 1.82) is 0 Å². The van der Waals surface area contributed by atoms with E-state index in [-0.39, 0.29) is 34.9 Å². The summed E-state index contributed by atoms with van der Waals surface area (Å²) in [5.74, 6) is -0.712. The number of anilines is 1. The van der Waals surface area contributed by atoms with Crippen LogP contribution in [0.3, 0.4) is 0 Å². The maximum absolute atomic E-state index is 13.7. The average molecular weight is 559 g/mol. The molecular weight excluding hydrogens is 531 g/mol. The Kier molecular flexibility index (Phi) is 8.45. The minimum atomic E-state index is -3.62. The normalized spacial score (nSPS) is 15.8. The van der Waals surface area contributed by atoms with Crippen LogP contribution < -0.4 is 4.90 Å². The Morgan fingerprint density at radius 2 is 1.86 bits per heavy atom. The highest BCUT2D eigenvalue weighted by Crippen LogP contribution is 2.33. The predicted octanol–water partition coefficient (Wildman–Crippen LogP) is 4.93. The molecule has 0 N–H and O–H groups in total. The number of hydrogen-bond donors (Lipinski definition) is 0. The highest BCUT2D eigenvalue weighted by molar-refractivity contribution is 7.91. The van der Waals surface area contributed by atoms with Crippen molar-refractivity contribution in [1.82, 2.24) is 14.2 Å². The smallest absolute Gasteiger partial charge is 0.252 e. The number of sulfonamides is 1. The maximum atomic E-state index is 13.7. The van der Waals surface area contributed by atoms with Crippen molar-refractivity contribution in [2.75, 3.05) is 44.2 Å². The summed E-state index contributed by atoms with van der Waals surface area (Å²) in [5, 5.41) is 0.547. The molecular formula is C23H28ClFN4O3S3. The molecule has 1 saturated heterocycles. The molecule has 0 radical (unpaired) electrons. The Morgan fingerprint density at radius 3 is 2.49 bits per heavy atom. The molecule has 0 aliphatic carbocycles. The van der Waals surface area contributed by atoms with Crippen molar-refractivity contribution in [3.63, 3.8) is 0 Å². The fraction of sp³-hybridized carbons (Fsp3) is 0.478. The Bertz CT molecular complexity index is 1280. The van der Waals surface area contributed by atoms with E-state index in [0.717, 1.165) is 24.4 Å². The van der Waals surface area contributed by atoms with Crippen LogP contribution in [-0.4, -0.2) is 67.8 Å². The van der Waals surface area contributed by atoms with Gasteiger partial charge in [-0.05, 0) is 56.3 Å². The van der Waals surface area contributed by atoms with E-state index in [2.05, 4.69) is 23.7 Å². The van der Waals surface area contributed by atoms with Gasteiger partial charge in [0.15, 0.2) is 5.13 Å². The minimum Gasteiger partial charge on any atom is -0.302 e. The van der Waals surface area contributed by atoms with E-state index < -0.39 is 10.0 Å². The molecule has 4 rings (SSSR count). The van der Waals surface area contributed by atoms with Crippen molar-refractivity contribution < 1.29 is 17.6 Å². The van der Waals surface area contributed by atoms with E-state index in [1.807, 2.05) is 0 Å². The van der Waals surface area contributed by atoms with Crippen LogP contribution in [0.2, 0.25) is 4.34 Å². The molecule has 3 heterocycles. The van der Waals surface area contributed by atoms with Gasteiger partial charge in [0, 0.05) is 32.1 Å². The molecule has 1 aromatic carbocycles. The molecule has 3 aromatic rings. The highest BCUT2D eigenvalue weighted by atomic mass is 35.5. The number of hydrogen-bond acceptors (Lipinski definition) is 7. The number of halogens is 2. The number of nitrogens with zero attached hydrogens (tertiary/aromatic N) is 4. The number of thiazole rings is 1. The summed E-state index contributed by atoms with van der Waals surface area (Å²) in [4.78, 5) is 22.2. The largest absolute Gasteiger partial charge is 0.302 e. The molecule has 1 fully saturated rings. The molecule has 0 atom stereocenters. The number of rotatable bonds is 9. The third-order valence-corrected chi connectivity index (χ3v) is 11.0. The monoisotopic (exact) mass is 558 g/mol. The van der Waals surface area contributed by atoms with Gasteiger partial charge in [0.1, 0.15) is 10.0 Å². The van der Waals surface area contributed by atoms with Crippen LogP contribution in [0, 0.1) is 11.7 Å². The molecule has 2 aromatic heterocycles. The van der Waals surface area contributed by atoms with Crippen LogP contribution in [0.15, 0.2) is 34.5 Å². The number of aromatic nitrogens is 1. The number of benzene rings is 1. The van der Waals surface area contributed by atoms with E-state index in [1.165, 1.54) is 33.8 Å². The lowest BCUT2D eigenvalue weighted by molar-refractivity contribution is -0.123. The number of piperidine rings is 1. The molecule has 7 nitrogen and oxygen atoms in total. The maximum Gasteiger partial charge on any atom is 0.252 e. The fourth-order valence-electron chi connectivity index (χ4n) is 4.21. The zero-order valence-electron chi connectivity index (χ0n) is 19.6. The summed E-state index contributed by atoms with van der Waals surface area (Å²) in [6.45, 7) is 7.58. The van der Waals surface area contributed by atoms with E-state index in [4.69, 9.17) is 11.6 Å². The van der Waals surface area contributed by atoms with E-state index >= 15 is 0 Å². The van der Waals surface area contributed by atoms with Gasteiger partial charge in [-0.3, -0.25) is 9.69 Å². The van der Waals surface area contributed by atoms with Crippen molar-refractivity contribution in [2.45, 2.75) is 30.9 Å².